The topological polar surface area (TPSA) is 60.9 Å². The largest absolute Gasteiger partial charge is 0.480 e. The molecule has 1 atom stereocenters. The summed E-state index contributed by atoms with van der Waals surface area (Å²) in [6, 6.07) is 0.278. The molecule has 0 aromatic heterocycles. The van der Waals surface area contributed by atoms with Crippen LogP contribution in [0.2, 0.25) is 0 Å². The van der Waals surface area contributed by atoms with Crippen molar-refractivity contribution in [1.82, 2.24) is 9.80 Å². The Balaban J connectivity index is 2.46. The number of carboxylic acids is 1. The standard InChI is InChI=1S/C11H20N2O3/c1-9(14)13-6-3-4-10(5-7-13)12(2)8-11(15)16/h10H,3-8H2,1-2H3,(H,15,16). The molecule has 1 rings (SSSR count). The minimum atomic E-state index is -0.796. The Hall–Kier alpha value is -1.10. The summed E-state index contributed by atoms with van der Waals surface area (Å²) in [5, 5.41) is 8.72. The summed E-state index contributed by atoms with van der Waals surface area (Å²) in [4.78, 5) is 25.5. The molecular formula is C11H20N2O3. The van der Waals surface area contributed by atoms with Crippen LogP contribution in [0.3, 0.4) is 0 Å². The maximum atomic E-state index is 11.2. The van der Waals surface area contributed by atoms with Gasteiger partial charge < -0.3 is 10.0 Å². The maximum absolute atomic E-state index is 11.2. The van der Waals surface area contributed by atoms with E-state index in [0.29, 0.717) is 0 Å². The van der Waals surface area contributed by atoms with Gasteiger partial charge in [-0.2, -0.15) is 0 Å². The number of rotatable bonds is 3. The molecule has 0 aliphatic carbocycles. The van der Waals surface area contributed by atoms with Gasteiger partial charge in [-0.05, 0) is 26.3 Å². The third kappa shape index (κ3) is 3.81. The highest BCUT2D eigenvalue weighted by molar-refractivity contribution is 5.73. The zero-order valence-electron chi connectivity index (χ0n) is 9.98. The Bertz CT molecular complexity index is 268. The van der Waals surface area contributed by atoms with Gasteiger partial charge in [0.2, 0.25) is 5.91 Å². The number of aliphatic carboxylic acids is 1. The van der Waals surface area contributed by atoms with Crippen molar-refractivity contribution in [2.75, 3.05) is 26.7 Å². The molecule has 16 heavy (non-hydrogen) atoms. The summed E-state index contributed by atoms with van der Waals surface area (Å²) in [5.74, 6) is -0.684. The molecule has 1 aliphatic rings. The molecular weight excluding hydrogens is 208 g/mol. The van der Waals surface area contributed by atoms with Gasteiger partial charge in [0.25, 0.3) is 0 Å². The summed E-state index contributed by atoms with van der Waals surface area (Å²) < 4.78 is 0. The second-order valence-electron chi connectivity index (χ2n) is 4.40. The van der Waals surface area contributed by atoms with Crippen LogP contribution in [0.4, 0.5) is 0 Å². The van der Waals surface area contributed by atoms with Crippen LogP contribution in [-0.2, 0) is 9.59 Å². The summed E-state index contributed by atoms with van der Waals surface area (Å²) in [5.41, 5.74) is 0. The monoisotopic (exact) mass is 228 g/mol. The molecule has 1 aliphatic heterocycles. The second-order valence-corrected chi connectivity index (χ2v) is 4.40. The van der Waals surface area contributed by atoms with Crippen LogP contribution in [0.5, 0.6) is 0 Å². The molecule has 1 amide bonds. The van der Waals surface area contributed by atoms with Crippen molar-refractivity contribution in [2.24, 2.45) is 0 Å². The highest BCUT2D eigenvalue weighted by Crippen LogP contribution is 2.15. The van der Waals surface area contributed by atoms with E-state index in [1.807, 2.05) is 16.8 Å². The number of carbonyl (C=O) groups excluding carboxylic acids is 1. The van der Waals surface area contributed by atoms with Gasteiger partial charge in [0.05, 0.1) is 6.54 Å². The van der Waals surface area contributed by atoms with Crippen molar-refractivity contribution in [3.05, 3.63) is 0 Å². The van der Waals surface area contributed by atoms with Crippen LogP contribution < -0.4 is 0 Å². The van der Waals surface area contributed by atoms with Crippen LogP contribution in [0.15, 0.2) is 0 Å². The molecule has 1 heterocycles. The lowest BCUT2D eigenvalue weighted by molar-refractivity contribution is -0.138. The minimum absolute atomic E-state index is 0.0741. The molecule has 1 unspecified atom stereocenters. The smallest absolute Gasteiger partial charge is 0.317 e. The van der Waals surface area contributed by atoms with Crippen molar-refractivity contribution in [1.29, 1.82) is 0 Å². The van der Waals surface area contributed by atoms with Gasteiger partial charge in [-0.15, -0.1) is 0 Å². The molecule has 1 fully saturated rings. The molecule has 5 heteroatoms. The van der Waals surface area contributed by atoms with Crippen molar-refractivity contribution in [2.45, 2.75) is 32.2 Å². The van der Waals surface area contributed by atoms with Crippen molar-refractivity contribution < 1.29 is 14.7 Å². The fourth-order valence-electron chi connectivity index (χ4n) is 2.18. The summed E-state index contributed by atoms with van der Waals surface area (Å²) in [7, 11) is 1.84. The van der Waals surface area contributed by atoms with E-state index in [1.165, 1.54) is 0 Å². The van der Waals surface area contributed by atoms with Gasteiger partial charge in [-0.25, -0.2) is 0 Å². The zero-order chi connectivity index (χ0) is 12.1. The number of likely N-dealkylation sites (tertiary alicyclic amines) is 1. The quantitative estimate of drug-likeness (QED) is 0.759. The molecule has 92 valence electrons. The van der Waals surface area contributed by atoms with Crippen LogP contribution >= 0.6 is 0 Å². The number of amides is 1. The van der Waals surface area contributed by atoms with Crippen molar-refractivity contribution in [3.63, 3.8) is 0 Å². The third-order valence-corrected chi connectivity index (χ3v) is 3.15. The Labute approximate surface area is 96.0 Å². The fraction of sp³-hybridized carbons (Fsp3) is 0.818. The lowest BCUT2D eigenvalue weighted by atomic mass is 10.1. The molecule has 0 aromatic rings. The zero-order valence-corrected chi connectivity index (χ0v) is 9.98. The number of hydrogen-bond donors (Lipinski definition) is 1. The molecule has 0 bridgehead atoms. The average molecular weight is 228 g/mol. The Kier molecular flexibility index (Phi) is 4.73. The molecule has 1 saturated heterocycles. The number of nitrogens with zero attached hydrogens (tertiary/aromatic N) is 2. The van der Waals surface area contributed by atoms with Crippen molar-refractivity contribution >= 4 is 11.9 Å². The Morgan fingerprint density at radius 2 is 2.06 bits per heavy atom. The van der Waals surface area contributed by atoms with E-state index in [1.54, 1.807) is 6.92 Å². The van der Waals surface area contributed by atoms with Crippen LogP contribution in [0.1, 0.15) is 26.2 Å². The van der Waals surface area contributed by atoms with E-state index in [9.17, 15) is 9.59 Å². The van der Waals surface area contributed by atoms with Gasteiger partial charge in [0.15, 0.2) is 0 Å². The molecule has 0 aromatic carbocycles. The number of carboxylic acid groups (broad SMARTS) is 1. The van der Waals surface area contributed by atoms with Gasteiger partial charge in [-0.1, -0.05) is 0 Å². The van der Waals surface area contributed by atoms with E-state index < -0.39 is 5.97 Å². The third-order valence-electron chi connectivity index (χ3n) is 3.15. The Morgan fingerprint density at radius 1 is 1.38 bits per heavy atom. The normalized spacial score (nSPS) is 21.9. The molecule has 0 saturated carbocycles. The van der Waals surface area contributed by atoms with E-state index in [-0.39, 0.29) is 18.5 Å². The van der Waals surface area contributed by atoms with E-state index in [0.717, 1.165) is 32.4 Å². The highest BCUT2D eigenvalue weighted by Gasteiger charge is 2.22. The van der Waals surface area contributed by atoms with Crippen LogP contribution in [0.25, 0.3) is 0 Å². The molecule has 1 N–H and O–H groups in total. The number of likely N-dealkylation sites (N-methyl/N-ethyl adjacent to an activating group) is 1. The summed E-state index contributed by atoms with van der Waals surface area (Å²) >= 11 is 0. The lowest BCUT2D eigenvalue weighted by Crippen LogP contribution is -2.37. The van der Waals surface area contributed by atoms with Crippen LogP contribution in [-0.4, -0.2) is 59.5 Å². The average Bonchev–Trinajstić information content (AvgIpc) is 2.41. The van der Waals surface area contributed by atoms with Crippen molar-refractivity contribution in [3.8, 4) is 0 Å². The predicted molar refractivity (Wildman–Crippen MR) is 60.2 cm³/mol. The van der Waals surface area contributed by atoms with Gasteiger partial charge in [0.1, 0.15) is 0 Å². The lowest BCUT2D eigenvalue weighted by Gasteiger charge is -2.25. The minimum Gasteiger partial charge on any atom is -0.480 e. The Morgan fingerprint density at radius 3 is 2.62 bits per heavy atom. The SMILES string of the molecule is CC(=O)N1CCCC(N(C)CC(=O)O)CC1. The van der Waals surface area contributed by atoms with Gasteiger partial charge in [0, 0.05) is 26.1 Å². The van der Waals surface area contributed by atoms with Crippen LogP contribution in [0, 0.1) is 0 Å². The highest BCUT2D eigenvalue weighted by atomic mass is 16.4. The first kappa shape index (κ1) is 13.0. The maximum Gasteiger partial charge on any atom is 0.317 e. The second kappa shape index (κ2) is 5.84. The van der Waals surface area contributed by atoms with E-state index in [4.69, 9.17) is 5.11 Å². The summed E-state index contributed by atoms with van der Waals surface area (Å²) in [6.07, 6.45) is 2.78. The first-order chi connectivity index (χ1) is 7.50. The van der Waals surface area contributed by atoms with E-state index in [2.05, 4.69) is 0 Å². The molecule has 5 nitrogen and oxygen atoms in total. The summed E-state index contributed by atoms with van der Waals surface area (Å²) in [6.45, 7) is 3.20. The predicted octanol–water partition coefficient (Wildman–Crippen LogP) is 0.404. The first-order valence-electron chi connectivity index (χ1n) is 5.68. The van der Waals surface area contributed by atoms with E-state index >= 15 is 0 Å². The molecule has 0 spiro atoms. The first-order valence-corrected chi connectivity index (χ1v) is 5.68. The number of carbonyl (C=O) groups is 2. The van der Waals surface area contributed by atoms with Gasteiger partial charge in [-0.3, -0.25) is 14.5 Å². The fourth-order valence-corrected chi connectivity index (χ4v) is 2.18. The number of hydrogen-bond acceptors (Lipinski definition) is 3. The molecule has 0 radical (unpaired) electrons. The van der Waals surface area contributed by atoms with Gasteiger partial charge >= 0.3 is 5.97 Å².